The standard InChI is InChI=1S/C20H22N4O/c1-16-6-2-3-12-24(16)20(25)17-7-8-18(23-13-9-21-15-23)19(14-17)22-10-4-5-11-22/h4-5,7-11,13-16H,2-3,6,12H2,1H3/t16-/m0/s1. The van der Waals surface area contributed by atoms with Crippen molar-refractivity contribution in [1.82, 2.24) is 19.0 Å². The van der Waals surface area contributed by atoms with E-state index in [2.05, 4.69) is 11.9 Å². The van der Waals surface area contributed by atoms with Crippen molar-refractivity contribution < 1.29 is 4.79 Å². The summed E-state index contributed by atoms with van der Waals surface area (Å²) in [6, 6.07) is 10.2. The minimum atomic E-state index is 0.123. The molecule has 0 spiro atoms. The van der Waals surface area contributed by atoms with Crippen LogP contribution in [0.25, 0.3) is 11.4 Å². The van der Waals surface area contributed by atoms with Gasteiger partial charge in [0.1, 0.15) is 0 Å². The van der Waals surface area contributed by atoms with Gasteiger partial charge in [-0.2, -0.15) is 0 Å². The van der Waals surface area contributed by atoms with E-state index in [9.17, 15) is 4.79 Å². The molecule has 1 amide bonds. The quantitative estimate of drug-likeness (QED) is 0.733. The molecule has 1 saturated heterocycles. The summed E-state index contributed by atoms with van der Waals surface area (Å²) in [6.45, 7) is 2.99. The van der Waals surface area contributed by atoms with E-state index >= 15 is 0 Å². The molecule has 0 bridgehead atoms. The minimum Gasteiger partial charge on any atom is -0.336 e. The summed E-state index contributed by atoms with van der Waals surface area (Å²) >= 11 is 0. The second-order valence-electron chi connectivity index (χ2n) is 6.61. The van der Waals surface area contributed by atoms with Gasteiger partial charge in [-0.1, -0.05) is 0 Å². The number of benzene rings is 1. The van der Waals surface area contributed by atoms with Gasteiger partial charge in [0.25, 0.3) is 5.91 Å². The lowest BCUT2D eigenvalue weighted by molar-refractivity contribution is 0.0635. The molecule has 1 aromatic carbocycles. The van der Waals surface area contributed by atoms with Gasteiger partial charge in [0.15, 0.2) is 0 Å². The normalized spacial score (nSPS) is 17.6. The predicted octanol–water partition coefficient (Wildman–Crippen LogP) is 3.68. The van der Waals surface area contributed by atoms with E-state index in [4.69, 9.17) is 0 Å². The van der Waals surface area contributed by atoms with Gasteiger partial charge in [0.05, 0.1) is 17.7 Å². The van der Waals surface area contributed by atoms with E-state index in [-0.39, 0.29) is 5.91 Å². The first-order valence-electron chi connectivity index (χ1n) is 8.81. The van der Waals surface area contributed by atoms with Crippen LogP contribution >= 0.6 is 0 Å². The number of likely N-dealkylation sites (tertiary alicyclic amines) is 1. The van der Waals surface area contributed by atoms with Crippen molar-refractivity contribution in [2.75, 3.05) is 6.54 Å². The van der Waals surface area contributed by atoms with E-state index in [1.165, 1.54) is 6.42 Å². The Hall–Kier alpha value is -2.82. The van der Waals surface area contributed by atoms with Crippen molar-refractivity contribution in [3.8, 4) is 11.4 Å². The number of hydrogen-bond acceptors (Lipinski definition) is 2. The maximum Gasteiger partial charge on any atom is 0.254 e. The Morgan fingerprint density at radius 1 is 1.08 bits per heavy atom. The van der Waals surface area contributed by atoms with E-state index in [1.807, 2.05) is 63.0 Å². The number of hydrogen-bond donors (Lipinski definition) is 0. The highest BCUT2D eigenvalue weighted by atomic mass is 16.2. The highest BCUT2D eigenvalue weighted by Crippen LogP contribution is 2.24. The van der Waals surface area contributed by atoms with Crippen LogP contribution in [-0.4, -0.2) is 37.5 Å². The minimum absolute atomic E-state index is 0.123. The fourth-order valence-electron chi connectivity index (χ4n) is 3.54. The van der Waals surface area contributed by atoms with Gasteiger partial charge in [0.2, 0.25) is 0 Å². The van der Waals surface area contributed by atoms with E-state index in [0.717, 1.165) is 36.3 Å². The number of carbonyl (C=O) groups is 1. The van der Waals surface area contributed by atoms with Gasteiger partial charge in [-0.15, -0.1) is 0 Å². The number of amides is 1. The lowest BCUT2D eigenvalue weighted by Crippen LogP contribution is -2.42. The molecule has 0 radical (unpaired) electrons. The molecule has 0 N–H and O–H groups in total. The van der Waals surface area contributed by atoms with Crippen LogP contribution in [0.4, 0.5) is 0 Å². The molecule has 1 atom stereocenters. The van der Waals surface area contributed by atoms with Gasteiger partial charge in [0, 0.05) is 42.9 Å². The highest BCUT2D eigenvalue weighted by Gasteiger charge is 2.24. The van der Waals surface area contributed by atoms with Gasteiger partial charge in [-0.25, -0.2) is 4.98 Å². The Morgan fingerprint density at radius 2 is 1.92 bits per heavy atom. The summed E-state index contributed by atoms with van der Waals surface area (Å²) in [4.78, 5) is 19.2. The molecule has 25 heavy (non-hydrogen) atoms. The number of rotatable bonds is 3. The molecular weight excluding hydrogens is 312 g/mol. The van der Waals surface area contributed by atoms with Gasteiger partial charge >= 0.3 is 0 Å². The zero-order chi connectivity index (χ0) is 17.2. The molecule has 5 heteroatoms. The summed E-state index contributed by atoms with van der Waals surface area (Å²) in [5, 5.41) is 0. The van der Waals surface area contributed by atoms with Crippen LogP contribution < -0.4 is 0 Å². The first kappa shape index (κ1) is 15.7. The number of piperidine rings is 1. The molecule has 1 fully saturated rings. The third kappa shape index (κ3) is 2.97. The van der Waals surface area contributed by atoms with E-state index < -0.39 is 0 Å². The number of carbonyl (C=O) groups excluding carboxylic acids is 1. The van der Waals surface area contributed by atoms with Crippen LogP contribution in [0.2, 0.25) is 0 Å². The van der Waals surface area contributed by atoms with Gasteiger partial charge in [-0.3, -0.25) is 4.79 Å². The van der Waals surface area contributed by atoms with Gasteiger partial charge < -0.3 is 14.0 Å². The number of nitrogens with zero attached hydrogens (tertiary/aromatic N) is 4. The lowest BCUT2D eigenvalue weighted by Gasteiger charge is -2.33. The van der Waals surface area contributed by atoms with Crippen molar-refractivity contribution in [2.24, 2.45) is 0 Å². The zero-order valence-corrected chi connectivity index (χ0v) is 14.4. The monoisotopic (exact) mass is 334 g/mol. The molecule has 5 nitrogen and oxygen atoms in total. The van der Waals surface area contributed by atoms with Crippen LogP contribution in [0.1, 0.15) is 36.5 Å². The van der Waals surface area contributed by atoms with Crippen molar-refractivity contribution in [2.45, 2.75) is 32.2 Å². The molecule has 3 aromatic rings. The Balaban J connectivity index is 1.75. The average Bonchev–Trinajstić information content (AvgIpc) is 3.35. The van der Waals surface area contributed by atoms with Crippen LogP contribution in [0, 0.1) is 0 Å². The highest BCUT2D eigenvalue weighted by molar-refractivity contribution is 5.95. The third-order valence-electron chi connectivity index (χ3n) is 4.95. The van der Waals surface area contributed by atoms with E-state index in [1.54, 1.807) is 12.5 Å². The SMILES string of the molecule is C[C@H]1CCCCN1C(=O)c1ccc(-n2ccnc2)c(-n2cccc2)c1. The first-order chi connectivity index (χ1) is 12.2. The third-order valence-corrected chi connectivity index (χ3v) is 4.95. The van der Waals surface area contributed by atoms with Crippen molar-refractivity contribution in [3.63, 3.8) is 0 Å². The molecule has 4 rings (SSSR count). The summed E-state index contributed by atoms with van der Waals surface area (Å²) in [7, 11) is 0. The number of aromatic nitrogens is 3. The van der Waals surface area contributed by atoms with Crippen LogP contribution in [0.3, 0.4) is 0 Å². The Bertz CT molecular complexity index is 852. The predicted molar refractivity (Wildman–Crippen MR) is 97.2 cm³/mol. The average molecular weight is 334 g/mol. The Labute approximate surface area is 147 Å². The Morgan fingerprint density at radius 3 is 2.64 bits per heavy atom. The summed E-state index contributed by atoms with van der Waals surface area (Å²) in [5.41, 5.74) is 2.71. The fraction of sp³-hybridized carbons (Fsp3) is 0.300. The van der Waals surface area contributed by atoms with Crippen molar-refractivity contribution in [3.05, 3.63) is 67.0 Å². The largest absolute Gasteiger partial charge is 0.336 e. The second kappa shape index (κ2) is 6.59. The molecule has 128 valence electrons. The summed E-state index contributed by atoms with van der Waals surface area (Å²) in [6.07, 6.45) is 12.8. The van der Waals surface area contributed by atoms with Crippen molar-refractivity contribution in [1.29, 1.82) is 0 Å². The maximum absolute atomic E-state index is 13.0. The molecule has 0 saturated carbocycles. The zero-order valence-electron chi connectivity index (χ0n) is 14.4. The maximum atomic E-state index is 13.0. The summed E-state index contributed by atoms with van der Waals surface area (Å²) < 4.78 is 4.00. The van der Waals surface area contributed by atoms with E-state index in [0.29, 0.717) is 6.04 Å². The molecule has 1 aliphatic rings. The molecule has 0 unspecified atom stereocenters. The molecule has 1 aliphatic heterocycles. The molecule has 0 aliphatic carbocycles. The summed E-state index contributed by atoms with van der Waals surface area (Å²) in [5.74, 6) is 0.123. The van der Waals surface area contributed by atoms with Crippen molar-refractivity contribution >= 4 is 5.91 Å². The molecular formula is C20H22N4O. The van der Waals surface area contributed by atoms with Crippen LogP contribution in [0.5, 0.6) is 0 Å². The first-order valence-corrected chi connectivity index (χ1v) is 8.81. The second-order valence-corrected chi connectivity index (χ2v) is 6.61. The topological polar surface area (TPSA) is 43.1 Å². The van der Waals surface area contributed by atoms with Crippen LogP contribution in [0.15, 0.2) is 61.4 Å². The number of imidazole rings is 1. The smallest absolute Gasteiger partial charge is 0.254 e. The lowest BCUT2D eigenvalue weighted by atomic mass is 10.0. The fourth-order valence-corrected chi connectivity index (χ4v) is 3.54. The Kier molecular flexibility index (Phi) is 4.14. The van der Waals surface area contributed by atoms with Crippen LogP contribution in [-0.2, 0) is 0 Å². The molecule has 2 aromatic heterocycles. The van der Waals surface area contributed by atoms with Gasteiger partial charge in [-0.05, 0) is 56.5 Å². The molecule has 3 heterocycles.